The quantitative estimate of drug-likeness (QED) is 0.633. The summed E-state index contributed by atoms with van der Waals surface area (Å²) in [6.45, 7) is 2.65. The normalized spacial score (nSPS) is 10.8. The lowest BCUT2D eigenvalue weighted by atomic mass is 10.2. The van der Waals surface area contributed by atoms with Crippen LogP contribution in [0.15, 0.2) is 46.2 Å². The van der Waals surface area contributed by atoms with Gasteiger partial charge in [0.05, 0.1) is 11.4 Å². The van der Waals surface area contributed by atoms with E-state index in [1.165, 1.54) is 17.3 Å². The molecule has 124 valence electrons. The fraction of sp³-hybridized carbons (Fsp3) is 0.250. The zero-order valence-electron chi connectivity index (χ0n) is 13.4. The third-order valence-electron chi connectivity index (χ3n) is 3.47. The number of benzene rings is 1. The van der Waals surface area contributed by atoms with E-state index in [0.717, 1.165) is 11.3 Å². The lowest BCUT2D eigenvalue weighted by molar-refractivity contribution is -0.127. The van der Waals surface area contributed by atoms with Crippen LogP contribution in [0.4, 0.5) is 0 Å². The Morgan fingerprint density at radius 2 is 2.08 bits per heavy atom. The van der Waals surface area contributed by atoms with Crippen molar-refractivity contribution in [3.63, 3.8) is 0 Å². The van der Waals surface area contributed by atoms with Gasteiger partial charge in [0.25, 0.3) is 0 Å². The lowest BCUT2D eigenvalue weighted by Gasteiger charge is -2.15. The molecular weight excluding hydrogens is 342 g/mol. The van der Waals surface area contributed by atoms with Crippen LogP contribution in [0, 0.1) is 6.92 Å². The molecule has 1 aromatic carbocycles. The van der Waals surface area contributed by atoms with Crippen LogP contribution in [0.3, 0.4) is 0 Å². The van der Waals surface area contributed by atoms with E-state index < -0.39 is 0 Å². The summed E-state index contributed by atoms with van der Waals surface area (Å²) in [6, 6.07) is 9.95. The van der Waals surface area contributed by atoms with Crippen molar-refractivity contribution in [1.82, 2.24) is 25.1 Å². The number of aryl methyl sites for hydroxylation is 1. The summed E-state index contributed by atoms with van der Waals surface area (Å²) in [5, 5.41) is 16.4. The lowest BCUT2D eigenvalue weighted by Crippen LogP contribution is -2.27. The largest absolute Gasteiger partial charge is 0.341 e. The minimum atomic E-state index is 0.0460. The van der Waals surface area contributed by atoms with Crippen LogP contribution in [0.5, 0.6) is 0 Å². The van der Waals surface area contributed by atoms with Crippen LogP contribution in [0.1, 0.15) is 11.1 Å². The van der Waals surface area contributed by atoms with Crippen LogP contribution >= 0.6 is 23.1 Å². The van der Waals surface area contributed by atoms with Crippen molar-refractivity contribution in [3.8, 4) is 5.69 Å². The molecule has 0 saturated carbocycles. The first kappa shape index (κ1) is 16.7. The molecule has 0 aliphatic heterocycles. The summed E-state index contributed by atoms with van der Waals surface area (Å²) in [5.41, 5.74) is 3.20. The number of thiophene rings is 1. The highest BCUT2D eigenvalue weighted by atomic mass is 32.2. The standard InChI is InChI=1S/C16H17N5OS2/c1-12-3-5-14(6-4-12)21-16(17-18-19-21)24-11-15(22)20(2)9-13-7-8-23-10-13/h3-8,10H,9,11H2,1-2H3. The number of hydrogen-bond donors (Lipinski definition) is 0. The van der Waals surface area contributed by atoms with Gasteiger partial charge in [-0.3, -0.25) is 4.79 Å². The maximum absolute atomic E-state index is 12.3. The number of nitrogens with zero attached hydrogens (tertiary/aromatic N) is 5. The van der Waals surface area contributed by atoms with Crippen LogP contribution < -0.4 is 0 Å². The van der Waals surface area contributed by atoms with E-state index in [4.69, 9.17) is 0 Å². The number of thioether (sulfide) groups is 1. The Hall–Kier alpha value is -2.19. The number of carbonyl (C=O) groups is 1. The van der Waals surface area contributed by atoms with E-state index in [1.54, 1.807) is 20.9 Å². The molecule has 0 unspecified atom stereocenters. The topological polar surface area (TPSA) is 63.9 Å². The van der Waals surface area contributed by atoms with Gasteiger partial charge in [0.15, 0.2) is 0 Å². The Morgan fingerprint density at radius 1 is 1.29 bits per heavy atom. The van der Waals surface area contributed by atoms with Crippen LogP contribution in [0.25, 0.3) is 5.69 Å². The third-order valence-corrected chi connectivity index (χ3v) is 5.11. The summed E-state index contributed by atoms with van der Waals surface area (Å²) >= 11 is 2.97. The summed E-state index contributed by atoms with van der Waals surface area (Å²) in [7, 11) is 1.81. The Bertz CT molecular complexity index is 798. The number of amides is 1. The molecule has 6 nitrogen and oxygen atoms in total. The number of tetrazole rings is 1. The van der Waals surface area contributed by atoms with Crippen molar-refractivity contribution in [2.24, 2.45) is 0 Å². The molecule has 0 aliphatic carbocycles. The van der Waals surface area contributed by atoms with Crippen molar-refractivity contribution in [2.75, 3.05) is 12.8 Å². The Morgan fingerprint density at radius 3 is 2.79 bits per heavy atom. The predicted molar refractivity (Wildman–Crippen MR) is 95.4 cm³/mol. The summed E-state index contributed by atoms with van der Waals surface area (Å²) in [5.74, 6) is 0.344. The average Bonchev–Trinajstić information content (AvgIpc) is 3.25. The molecule has 0 spiro atoms. The fourth-order valence-electron chi connectivity index (χ4n) is 2.10. The molecule has 2 heterocycles. The zero-order chi connectivity index (χ0) is 16.9. The molecule has 0 bridgehead atoms. The summed E-state index contributed by atoms with van der Waals surface area (Å²) in [6.07, 6.45) is 0. The molecule has 0 radical (unpaired) electrons. The maximum Gasteiger partial charge on any atom is 0.233 e. The minimum Gasteiger partial charge on any atom is -0.341 e. The van der Waals surface area contributed by atoms with Gasteiger partial charge in [0.1, 0.15) is 0 Å². The van der Waals surface area contributed by atoms with Gasteiger partial charge in [0, 0.05) is 13.6 Å². The molecule has 3 aromatic rings. The Kier molecular flexibility index (Phi) is 5.27. The van der Waals surface area contributed by atoms with Gasteiger partial charge in [-0.15, -0.1) is 5.10 Å². The molecule has 0 saturated heterocycles. The molecule has 8 heteroatoms. The minimum absolute atomic E-state index is 0.0460. The first-order valence-electron chi connectivity index (χ1n) is 7.37. The predicted octanol–water partition coefficient (Wildman–Crippen LogP) is 2.78. The molecule has 0 aliphatic rings. The van der Waals surface area contributed by atoms with Crippen molar-refractivity contribution in [2.45, 2.75) is 18.6 Å². The molecule has 24 heavy (non-hydrogen) atoms. The molecule has 3 rings (SSSR count). The highest BCUT2D eigenvalue weighted by molar-refractivity contribution is 7.99. The van der Waals surface area contributed by atoms with E-state index in [1.807, 2.05) is 49.7 Å². The van der Waals surface area contributed by atoms with Gasteiger partial charge in [-0.25, -0.2) is 0 Å². The first-order valence-corrected chi connectivity index (χ1v) is 9.29. The van der Waals surface area contributed by atoms with Gasteiger partial charge < -0.3 is 4.90 Å². The van der Waals surface area contributed by atoms with Crippen LogP contribution in [0.2, 0.25) is 0 Å². The smallest absolute Gasteiger partial charge is 0.233 e. The zero-order valence-corrected chi connectivity index (χ0v) is 15.0. The number of hydrogen-bond acceptors (Lipinski definition) is 6. The fourth-order valence-corrected chi connectivity index (χ4v) is 3.59. The average molecular weight is 359 g/mol. The second-order valence-electron chi connectivity index (χ2n) is 5.38. The van der Waals surface area contributed by atoms with E-state index in [0.29, 0.717) is 17.5 Å². The Labute approximate surface area is 148 Å². The molecule has 2 aromatic heterocycles. The van der Waals surface area contributed by atoms with E-state index in [2.05, 4.69) is 20.9 Å². The highest BCUT2D eigenvalue weighted by Gasteiger charge is 2.14. The van der Waals surface area contributed by atoms with Crippen molar-refractivity contribution < 1.29 is 4.79 Å². The molecule has 0 atom stereocenters. The van der Waals surface area contributed by atoms with E-state index in [9.17, 15) is 4.79 Å². The number of carbonyl (C=O) groups excluding carboxylic acids is 1. The van der Waals surface area contributed by atoms with Crippen molar-refractivity contribution in [1.29, 1.82) is 0 Å². The van der Waals surface area contributed by atoms with E-state index in [-0.39, 0.29) is 5.91 Å². The van der Waals surface area contributed by atoms with Gasteiger partial charge in [0.2, 0.25) is 11.1 Å². The van der Waals surface area contributed by atoms with Gasteiger partial charge in [-0.1, -0.05) is 29.5 Å². The Balaban J connectivity index is 1.62. The van der Waals surface area contributed by atoms with Gasteiger partial charge in [-0.05, 0) is 51.9 Å². The summed E-state index contributed by atoms with van der Waals surface area (Å²) in [4.78, 5) is 14.0. The van der Waals surface area contributed by atoms with Gasteiger partial charge in [-0.2, -0.15) is 16.0 Å². The van der Waals surface area contributed by atoms with E-state index >= 15 is 0 Å². The SMILES string of the molecule is Cc1ccc(-n2nnnc2SCC(=O)N(C)Cc2ccsc2)cc1. The summed E-state index contributed by atoms with van der Waals surface area (Å²) < 4.78 is 1.65. The molecule has 1 amide bonds. The second kappa shape index (κ2) is 7.59. The first-order chi connectivity index (χ1) is 11.6. The third kappa shape index (κ3) is 4.01. The van der Waals surface area contributed by atoms with Crippen LogP contribution in [-0.2, 0) is 11.3 Å². The monoisotopic (exact) mass is 359 g/mol. The second-order valence-corrected chi connectivity index (χ2v) is 7.10. The van der Waals surface area contributed by atoms with Crippen molar-refractivity contribution >= 4 is 29.0 Å². The number of aromatic nitrogens is 4. The molecular formula is C16H17N5OS2. The van der Waals surface area contributed by atoms with Gasteiger partial charge >= 0.3 is 0 Å². The van der Waals surface area contributed by atoms with Crippen molar-refractivity contribution in [3.05, 3.63) is 52.2 Å². The molecule has 0 fully saturated rings. The van der Waals surface area contributed by atoms with Crippen LogP contribution in [-0.4, -0.2) is 43.8 Å². The maximum atomic E-state index is 12.3. The number of rotatable bonds is 6. The molecule has 0 N–H and O–H groups in total. The highest BCUT2D eigenvalue weighted by Crippen LogP contribution is 2.19.